The van der Waals surface area contributed by atoms with Gasteiger partial charge in [-0.25, -0.2) is 0 Å². The van der Waals surface area contributed by atoms with Gasteiger partial charge in [-0.2, -0.15) is 0 Å². The number of primary amides is 1. The largest absolute Gasteiger partial charge is 0.496 e. The van der Waals surface area contributed by atoms with Crippen LogP contribution in [-0.4, -0.2) is 38.7 Å². The Kier molecular flexibility index (Phi) is 5.81. The maximum Gasteiger partial charge on any atom is 0.246 e. The second-order valence-corrected chi connectivity index (χ2v) is 3.97. The number of hydrogen-bond acceptors (Lipinski definition) is 4. The second-order valence-electron chi connectivity index (χ2n) is 3.97. The summed E-state index contributed by atoms with van der Waals surface area (Å²) in [5.41, 5.74) is 6.08. The average molecular weight is 266 g/mol. The molecule has 0 aliphatic heterocycles. The normalized spacial score (nSPS) is 11.7. The molecule has 3 N–H and O–H groups in total. The molecule has 0 fully saturated rings. The van der Waals surface area contributed by atoms with Crippen LogP contribution in [0.2, 0.25) is 0 Å². The van der Waals surface area contributed by atoms with Crippen molar-refractivity contribution in [3.05, 3.63) is 29.8 Å². The summed E-state index contributed by atoms with van der Waals surface area (Å²) < 4.78 is 9.88. The fraction of sp³-hybridized carbons (Fsp3) is 0.385. The van der Waals surface area contributed by atoms with Crippen LogP contribution in [0, 0.1) is 0 Å². The van der Waals surface area contributed by atoms with Crippen LogP contribution >= 0.6 is 0 Å². The van der Waals surface area contributed by atoms with Gasteiger partial charge in [0.25, 0.3) is 0 Å². The van der Waals surface area contributed by atoms with Crippen molar-refractivity contribution in [3.8, 4) is 5.75 Å². The maximum absolute atomic E-state index is 11.4. The summed E-state index contributed by atoms with van der Waals surface area (Å²) >= 11 is 0. The van der Waals surface area contributed by atoms with E-state index in [0.29, 0.717) is 5.75 Å². The number of rotatable bonds is 7. The van der Waals surface area contributed by atoms with Crippen LogP contribution in [0.4, 0.5) is 0 Å². The molecule has 0 aromatic heterocycles. The number of carbonyl (C=O) groups excluding carboxylic acids is 2. The molecule has 0 heterocycles. The minimum absolute atomic E-state index is 0.115. The first kappa shape index (κ1) is 15.0. The smallest absolute Gasteiger partial charge is 0.246 e. The van der Waals surface area contributed by atoms with Gasteiger partial charge in [0, 0.05) is 13.5 Å². The summed E-state index contributed by atoms with van der Waals surface area (Å²) in [6.45, 7) is -0.115. The molecule has 1 aromatic carbocycles. The number of hydrogen-bond donors (Lipinski definition) is 2. The number of nitrogens with two attached hydrogens (primary N) is 1. The van der Waals surface area contributed by atoms with Gasteiger partial charge in [-0.3, -0.25) is 9.59 Å². The minimum atomic E-state index is -0.793. The molecule has 0 aliphatic rings. The lowest BCUT2D eigenvalue weighted by Crippen LogP contribution is -2.47. The standard InChI is InChI=1S/C13H18N2O4/c1-18-8-12(16)15-10(13(14)17)7-9-5-3-4-6-11(9)19-2/h3-6,10H,7-8H2,1-2H3,(H2,14,17)(H,15,16)/t10-/m1/s1. The molecule has 1 aromatic rings. The number of benzene rings is 1. The van der Waals surface area contributed by atoms with Crippen molar-refractivity contribution in [1.29, 1.82) is 0 Å². The Morgan fingerprint density at radius 1 is 1.32 bits per heavy atom. The lowest BCUT2D eigenvalue weighted by molar-refractivity contribution is -0.129. The molecule has 19 heavy (non-hydrogen) atoms. The highest BCUT2D eigenvalue weighted by molar-refractivity contribution is 5.87. The zero-order valence-electron chi connectivity index (χ0n) is 11.0. The van der Waals surface area contributed by atoms with E-state index < -0.39 is 11.9 Å². The Morgan fingerprint density at radius 2 is 2.00 bits per heavy atom. The Labute approximate surface area is 111 Å². The summed E-state index contributed by atoms with van der Waals surface area (Å²) in [6.07, 6.45) is 0.273. The topological polar surface area (TPSA) is 90.7 Å². The number of carbonyl (C=O) groups is 2. The Hall–Kier alpha value is -2.08. The molecule has 0 bridgehead atoms. The zero-order valence-corrected chi connectivity index (χ0v) is 11.0. The highest BCUT2D eigenvalue weighted by Crippen LogP contribution is 2.18. The van der Waals surface area contributed by atoms with Crippen molar-refractivity contribution in [1.82, 2.24) is 5.32 Å². The first-order valence-corrected chi connectivity index (χ1v) is 5.78. The van der Waals surface area contributed by atoms with E-state index in [1.54, 1.807) is 13.2 Å². The molecule has 1 atom stereocenters. The molecule has 0 saturated heterocycles. The van der Waals surface area contributed by atoms with Gasteiger partial charge >= 0.3 is 0 Å². The van der Waals surface area contributed by atoms with E-state index in [-0.39, 0.29) is 18.9 Å². The van der Waals surface area contributed by atoms with Crippen molar-refractivity contribution in [2.75, 3.05) is 20.8 Å². The SMILES string of the molecule is COCC(=O)N[C@H](Cc1ccccc1OC)C(N)=O. The van der Waals surface area contributed by atoms with E-state index in [4.69, 9.17) is 15.2 Å². The molecule has 0 unspecified atom stereocenters. The van der Waals surface area contributed by atoms with E-state index >= 15 is 0 Å². The van der Waals surface area contributed by atoms with Crippen LogP contribution in [0.1, 0.15) is 5.56 Å². The lowest BCUT2D eigenvalue weighted by Gasteiger charge is -2.16. The molecule has 0 radical (unpaired) electrons. The quantitative estimate of drug-likeness (QED) is 0.718. The maximum atomic E-state index is 11.4. The third-order valence-electron chi connectivity index (χ3n) is 2.57. The highest BCUT2D eigenvalue weighted by Gasteiger charge is 2.19. The van der Waals surface area contributed by atoms with E-state index in [2.05, 4.69) is 5.32 Å². The van der Waals surface area contributed by atoms with Gasteiger partial charge < -0.3 is 20.5 Å². The molecular weight excluding hydrogens is 248 g/mol. The Balaban J connectivity index is 2.78. The molecule has 2 amide bonds. The van der Waals surface area contributed by atoms with Gasteiger partial charge in [0.15, 0.2) is 0 Å². The Morgan fingerprint density at radius 3 is 2.58 bits per heavy atom. The molecule has 6 nitrogen and oxygen atoms in total. The molecule has 0 spiro atoms. The number of nitrogens with one attached hydrogen (secondary N) is 1. The van der Waals surface area contributed by atoms with Crippen molar-refractivity contribution in [3.63, 3.8) is 0 Å². The van der Waals surface area contributed by atoms with Crippen molar-refractivity contribution in [2.24, 2.45) is 5.73 Å². The monoisotopic (exact) mass is 266 g/mol. The van der Waals surface area contributed by atoms with Crippen molar-refractivity contribution in [2.45, 2.75) is 12.5 Å². The zero-order chi connectivity index (χ0) is 14.3. The molecule has 0 aliphatic carbocycles. The molecule has 6 heteroatoms. The number of methoxy groups -OCH3 is 2. The van der Waals surface area contributed by atoms with E-state index in [1.165, 1.54) is 7.11 Å². The van der Waals surface area contributed by atoms with Crippen molar-refractivity contribution < 1.29 is 19.1 Å². The Bertz CT molecular complexity index is 448. The lowest BCUT2D eigenvalue weighted by atomic mass is 10.0. The van der Waals surface area contributed by atoms with Crippen LogP contribution in [0.3, 0.4) is 0 Å². The number of para-hydroxylation sites is 1. The predicted octanol–water partition coefficient (Wildman–Crippen LogP) is -0.146. The van der Waals surface area contributed by atoms with Gasteiger partial charge in [-0.05, 0) is 11.6 Å². The first-order valence-electron chi connectivity index (χ1n) is 5.78. The van der Waals surface area contributed by atoms with Gasteiger partial charge in [-0.1, -0.05) is 18.2 Å². The first-order chi connectivity index (χ1) is 9.08. The van der Waals surface area contributed by atoms with Crippen LogP contribution in [0.5, 0.6) is 5.75 Å². The minimum Gasteiger partial charge on any atom is -0.496 e. The summed E-state index contributed by atoms with van der Waals surface area (Å²) in [5, 5.41) is 2.52. The second kappa shape index (κ2) is 7.38. The van der Waals surface area contributed by atoms with Gasteiger partial charge in [0.2, 0.25) is 11.8 Å². The van der Waals surface area contributed by atoms with Crippen LogP contribution < -0.4 is 15.8 Å². The summed E-state index contributed by atoms with van der Waals surface area (Å²) in [5.74, 6) is -0.341. The van der Waals surface area contributed by atoms with Gasteiger partial charge in [-0.15, -0.1) is 0 Å². The third-order valence-corrected chi connectivity index (χ3v) is 2.57. The van der Waals surface area contributed by atoms with E-state index in [1.807, 2.05) is 18.2 Å². The fourth-order valence-corrected chi connectivity index (χ4v) is 1.68. The molecule has 0 saturated carbocycles. The van der Waals surface area contributed by atoms with Crippen LogP contribution in [0.25, 0.3) is 0 Å². The summed E-state index contributed by atoms with van der Waals surface area (Å²) in [6, 6.07) is 6.46. The van der Waals surface area contributed by atoms with Crippen LogP contribution in [-0.2, 0) is 20.7 Å². The molecular formula is C13H18N2O4. The third kappa shape index (κ3) is 4.59. The van der Waals surface area contributed by atoms with Gasteiger partial charge in [0.05, 0.1) is 7.11 Å². The van der Waals surface area contributed by atoms with Gasteiger partial charge in [0.1, 0.15) is 18.4 Å². The fourth-order valence-electron chi connectivity index (χ4n) is 1.68. The molecule has 1 rings (SSSR count). The summed E-state index contributed by atoms with van der Waals surface area (Å²) in [7, 11) is 2.95. The highest BCUT2D eigenvalue weighted by atomic mass is 16.5. The predicted molar refractivity (Wildman–Crippen MR) is 69.7 cm³/mol. The number of amides is 2. The van der Waals surface area contributed by atoms with Crippen molar-refractivity contribution >= 4 is 11.8 Å². The average Bonchev–Trinajstić information content (AvgIpc) is 2.38. The van der Waals surface area contributed by atoms with E-state index in [0.717, 1.165) is 5.56 Å². The number of ether oxygens (including phenoxy) is 2. The summed E-state index contributed by atoms with van der Waals surface area (Å²) in [4.78, 5) is 22.8. The molecule has 104 valence electrons. The van der Waals surface area contributed by atoms with E-state index in [9.17, 15) is 9.59 Å². The van der Waals surface area contributed by atoms with Crippen LogP contribution in [0.15, 0.2) is 24.3 Å².